The molecule has 39 heavy (non-hydrogen) atoms. The lowest BCUT2D eigenvalue weighted by Gasteiger charge is -2.34. The van der Waals surface area contributed by atoms with Gasteiger partial charge in [-0.2, -0.15) is 0 Å². The Morgan fingerprint density at radius 2 is 1.64 bits per heavy atom. The summed E-state index contributed by atoms with van der Waals surface area (Å²) in [5.74, 6) is -0.112. The van der Waals surface area contributed by atoms with Gasteiger partial charge in [0.05, 0.1) is 23.7 Å². The first-order chi connectivity index (χ1) is 18.9. The third kappa shape index (κ3) is 6.01. The van der Waals surface area contributed by atoms with Gasteiger partial charge in [0.2, 0.25) is 0 Å². The lowest BCUT2D eigenvalue weighted by molar-refractivity contribution is -0.114. The lowest BCUT2D eigenvalue weighted by atomic mass is 10.1. The third-order valence-electron chi connectivity index (χ3n) is 6.80. The fourth-order valence-corrected chi connectivity index (χ4v) is 5.83. The van der Waals surface area contributed by atoms with Crippen LogP contribution in [0.25, 0.3) is 6.08 Å². The van der Waals surface area contributed by atoms with E-state index in [4.69, 9.17) is 4.74 Å². The van der Waals surface area contributed by atoms with Crippen LogP contribution in [-0.4, -0.2) is 60.5 Å². The zero-order valence-electron chi connectivity index (χ0n) is 22.1. The number of rotatable bonds is 5. The minimum atomic E-state index is -0.336. The SMILES string of the molecule is CCOC(=O)N1CCN(C(=O)c2ccc(/C=C3/Sc4ccccc4N(Cc4cccc(C)c4)C3=O)cc2)CC1. The van der Waals surface area contributed by atoms with Gasteiger partial charge in [-0.15, -0.1) is 0 Å². The van der Waals surface area contributed by atoms with E-state index in [2.05, 4.69) is 19.1 Å². The highest BCUT2D eigenvalue weighted by Gasteiger charge is 2.29. The number of hydrogen-bond donors (Lipinski definition) is 0. The van der Waals surface area contributed by atoms with E-state index in [-0.39, 0.29) is 17.9 Å². The zero-order valence-corrected chi connectivity index (χ0v) is 22.9. The summed E-state index contributed by atoms with van der Waals surface area (Å²) in [6, 6.07) is 23.5. The number of benzene rings is 3. The second kappa shape index (κ2) is 11.8. The van der Waals surface area contributed by atoms with E-state index >= 15 is 0 Å². The number of fused-ring (bicyclic) bond motifs is 1. The standard InChI is InChI=1S/C31H31N3O4S/c1-3-38-31(37)33-17-15-32(16-18-33)29(35)25-13-11-23(12-14-25)20-28-30(36)34(21-24-8-6-7-22(2)19-24)26-9-4-5-10-27(26)39-28/h4-14,19-20H,3,15-18,21H2,1-2H3/b28-20+. The van der Waals surface area contributed by atoms with Crippen molar-refractivity contribution in [3.8, 4) is 0 Å². The number of para-hydroxylation sites is 1. The van der Waals surface area contributed by atoms with Crippen molar-refractivity contribution in [3.63, 3.8) is 0 Å². The highest BCUT2D eigenvalue weighted by molar-refractivity contribution is 8.04. The molecule has 2 aliphatic rings. The first kappa shape index (κ1) is 26.6. The number of carbonyl (C=O) groups is 3. The average molecular weight is 542 g/mol. The van der Waals surface area contributed by atoms with Gasteiger partial charge in [-0.3, -0.25) is 9.59 Å². The van der Waals surface area contributed by atoms with Gasteiger partial charge >= 0.3 is 6.09 Å². The molecule has 0 saturated carbocycles. The van der Waals surface area contributed by atoms with Crippen molar-refractivity contribution in [2.75, 3.05) is 37.7 Å². The number of nitrogens with zero attached hydrogens (tertiary/aromatic N) is 3. The van der Waals surface area contributed by atoms with E-state index in [0.717, 1.165) is 27.3 Å². The van der Waals surface area contributed by atoms with Crippen LogP contribution >= 0.6 is 11.8 Å². The Balaban J connectivity index is 1.30. The van der Waals surface area contributed by atoms with Crippen LogP contribution in [0.3, 0.4) is 0 Å². The van der Waals surface area contributed by atoms with Gasteiger partial charge in [0.25, 0.3) is 11.8 Å². The van der Waals surface area contributed by atoms with Gasteiger partial charge < -0.3 is 19.4 Å². The Morgan fingerprint density at radius 3 is 2.36 bits per heavy atom. The van der Waals surface area contributed by atoms with Crippen LogP contribution in [0.2, 0.25) is 0 Å². The second-order valence-electron chi connectivity index (χ2n) is 9.56. The number of thioether (sulfide) groups is 1. The third-order valence-corrected chi connectivity index (χ3v) is 7.88. The molecule has 2 aliphatic heterocycles. The summed E-state index contributed by atoms with van der Waals surface area (Å²) < 4.78 is 5.05. The van der Waals surface area contributed by atoms with Crippen molar-refractivity contribution in [1.29, 1.82) is 0 Å². The number of anilines is 1. The molecule has 2 heterocycles. The largest absolute Gasteiger partial charge is 0.450 e. The fourth-order valence-electron chi connectivity index (χ4n) is 4.77. The first-order valence-electron chi connectivity index (χ1n) is 13.1. The number of piperazine rings is 1. The summed E-state index contributed by atoms with van der Waals surface area (Å²) in [6.07, 6.45) is 1.55. The minimum Gasteiger partial charge on any atom is -0.450 e. The first-order valence-corrected chi connectivity index (χ1v) is 13.9. The van der Waals surface area contributed by atoms with Crippen molar-refractivity contribution < 1.29 is 19.1 Å². The molecule has 3 aromatic carbocycles. The van der Waals surface area contributed by atoms with Gasteiger partial charge in [-0.25, -0.2) is 4.79 Å². The number of carbonyl (C=O) groups excluding carboxylic acids is 3. The summed E-state index contributed by atoms with van der Waals surface area (Å²) in [7, 11) is 0. The van der Waals surface area contributed by atoms with Crippen LogP contribution < -0.4 is 4.90 Å². The molecule has 3 aromatic rings. The molecular weight excluding hydrogens is 510 g/mol. The molecule has 0 atom stereocenters. The fraction of sp³-hybridized carbons (Fsp3) is 0.258. The van der Waals surface area contributed by atoms with Gasteiger partial charge in [0.1, 0.15) is 0 Å². The predicted octanol–water partition coefficient (Wildman–Crippen LogP) is 5.59. The summed E-state index contributed by atoms with van der Waals surface area (Å²) in [4.78, 5) is 45.5. The van der Waals surface area contributed by atoms with Crippen LogP contribution in [0.4, 0.5) is 10.5 Å². The lowest BCUT2D eigenvalue weighted by Crippen LogP contribution is -2.50. The van der Waals surface area contributed by atoms with E-state index in [9.17, 15) is 14.4 Å². The Hall–Kier alpha value is -4.04. The van der Waals surface area contributed by atoms with Crippen LogP contribution in [-0.2, 0) is 16.1 Å². The van der Waals surface area contributed by atoms with Crippen LogP contribution in [0.5, 0.6) is 0 Å². The summed E-state index contributed by atoms with van der Waals surface area (Å²) >= 11 is 1.47. The second-order valence-corrected chi connectivity index (χ2v) is 10.6. The van der Waals surface area contributed by atoms with Crippen molar-refractivity contribution >= 4 is 41.4 Å². The molecule has 0 N–H and O–H groups in total. The number of ether oxygens (including phenoxy) is 1. The molecule has 200 valence electrons. The average Bonchev–Trinajstić information content (AvgIpc) is 2.95. The Bertz CT molecular complexity index is 1410. The monoisotopic (exact) mass is 541 g/mol. The molecule has 0 unspecified atom stereocenters. The molecule has 0 bridgehead atoms. The maximum atomic E-state index is 13.6. The van der Waals surface area contributed by atoms with Gasteiger partial charge in [-0.05, 0) is 55.3 Å². The molecule has 1 saturated heterocycles. The molecule has 5 rings (SSSR count). The molecule has 0 radical (unpaired) electrons. The molecule has 1 fully saturated rings. The van der Waals surface area contributed by atoms with E-state index < -0.39 is 0 Å². The minimum absolute atomic E-state index is 0.0418. The topological polar surface area (TPSA) is 70.2 Å². The number of hydrogen-bond acceptors (Lipinski definition) is 5. The maximum absolute atomic E-state index is 13.6. The molecule has 3 amide bonds. The van der Waals surface area contributed by atoms with Crippen LogP contribution in [0.15, 0.2) is 82.6 Å². The van der Waals surface area contributed by atoms with Crippen molar-refractivity contribution in [3.05, 3.63) is 100.0 Å². The molecule has 0 aliphatic carbocycles. The predicted molar refractivity (Wildman–Crippen MR) is 154 cm³/mol. The summed E-state index contributed by atoms with van der Waals surface area (Å²) in [5.41, 5.74) is 4.58. The smallest absolute Gasteiger partial charge is 0.409 e. The summed E-state index contributed by atoms with van der Waals surface area (Å²) in [5, 5.41) is 0. The normalized spacial score (nSPS) is 16.3. The maximum Gasteiger partial charge on any atom is 0.409 e. The molecule has 0 aromatic heterocycles. The molecule has 8 heteroatoms. The van der Waals surface area contributed by atoms with Gasteiger partial charge in [0.15, 0.2) is 0 Å². The van der Waals surface area contributed by atoms with Crippen molar-refractivity contribution in [1.82, 2.24) is 9.80 Å². The zero-order chi connectivity index (χ0) is 27.4. The number of amides is 3. The highest BCUT2D eigenvalue weighted by atomic mass is 32.2. The Morgan fingerprint density at radius 1 is 0.923 bits per heavy atom. The van der Waals surface area contributed by atoms with Crippen LogP contribution in [0, 0.1) is 6.92 Å². The van der Waals surface area contributed by atoms with E-state index in [1.54, 1.807) is 28.9 Å². The summed E-state index contributed by atoms with van der Waals surface area (Å²) in [6.45, 7) is 6.49. The molecular formula is C31H31N3O4S. The molecule has 0 spiro atoms. The van der Waals surface area contributed by atoms with E-state index in [1.165, 1.54) is 11.8 Å². The van der Waals surface area contributed by atoms with Gasteiger partial charge in [-0.1, -0.05) is 65.9 Å². The molecule has 7 nitrogen and oxygen atoms in total. The van der Waals surface area contributed by atoms with Crippen molar-refractivity contribution in [2.24, 2.45) is 0 Å². The quantitative estimate of drug-likeness (QED) is 0.394. The van der Waals surface area contributed by atoms with E-state index in [1.807, 2.05) is 59.5 Å². The van der Waals surface area contributed by atoms with Crippen LogP contribution in [0.1, 0.15) is 34.0 Å². The highest BCUT2D eigenvalue weighted by Crippen LogP contribution is 2.42. The van der Waals surface area contributed by atoms with E-state index in [0.29, 0.717) is 49.8 Å². The number of aryl methyl sites for hydroxylation is 1. The van der Waals surface area contributed by atoms with Crippen molar-refractivity contribution in [2.45, 2.75) is 25.3 Å². The Labute approximate surface area is 233 Å². The Kier molecular flexibility index (Phi) is 8.02. The van der Waals surface area contributed by atoms with Gasteiger partial charge in [0, 0.05) is 36.6 Å².